The van der Waals surface area contributed by atoms with Gasteiger partial charge in [0.2, 0.25) is 0 Å². The first-order chi connectivity index (χ1) is 8.61. The van der Waals surface area contributed by atoms with Crippen molar-refractivity contribution >= 4 is 7.52 Å². The Kier molecular flexibility index (Phi) is 5.42. The highest BCUT2D eigenvalue weighted by Crippen LogP contribution is 2.60. The van der Waals surface area contributed by atoms with Crippen molar-refractivity contribution < 1.29 is 13.8 Å². The summed E-state index contributed by atoms with van der Waals surface area (Å²) in [5.74, 6) is 0. The first-order valence-corrected chi connectivity index (χ1v) is 8.64. The molecule has 0 aromatic rings. The third-order valence-corrected chi connectivity index (χ3v) is 5.99. The van der Waals surface area contributed by atoms with E-state index in [0.717, 1.165) is 13.0 Å². The van der Waals surface area contributed by atoms with Gasteiger partial charge in [-0.25, -0.2) is 4.67 Å². The molecule has 1 aliphatic heterocycles. The molecule has 1 aliphatic rings. The summed E-state index contributed by atoms with van der Waals surface area (Å²) in [4.78, 5) is 0. The monoisotopic (exact) mass is 289 g/mol. The van der Waals surface area contributed by atoms with Crippen LogP contribution in [0.1, 0.15) is 48.0 Å². The Morgan fingerprint density at radius 3 is 2.58 bits per heavy atom. The lowest BCUT2D eigenvalue weighted by molar-refractivity contribution is 0.0201. The third kappa shape index (κ3) is 4.71. The fourth-order valence-electron chi connectivity index (χ4n) is 2.23. The highest BCUT2D eigenvalue weighted by Gasteiger charge is 2.47. The lowest BCUT2D eigenvalue weighted by Gasteiger charge is -2.48. The molecule has 0 radical (unpaired) electrons. The molecule has 0 bridgehead atoms. The minimum absolute atomic E-state index is 0.151. The van der Waals surface area contributed by atoms with Crippen molar-refractivity contribution in [2.24, 2.45) is 0 Å². The van der Waals surface area contributed by atoms with Gasteiger partial charge in [-0.05, 0) is 48.0 Å². The molecule has 0 saturated carbocycles. The Bertz CT molecular complexity index is 371. The van der Waals surface area contributed by atoms with Crippen LogP contribution in [0.15, 0.2) is 12.2 Å². The van der Waals surface area contributed by atoms with E-state index in [9.17, 15) is 4.57 Å². The van der Waals surface area contributed by atoms with E-state index in [1.165, 1.54) is 0 Å². The molecular weight excluding hydrogens is 261 g/mol. The molecule has 0 aromatic heterocycles. The second kappa shape index (κ2) is 6.09. The topological polar surface area (TPSA) is 38.8 Å². The molecule has 0 N–H and O–H groups in total. The van der Waals surface area contributed by atoms with Gasteiger partial charge in [-0.2, -0.15) is 0 Å². The molecule has 0 amide bonds. The van der Waals surface area contributed by atoms with Gasteiger partial charge in [0, 0.05) is 12.1 Å². The van der Waals surface area contributed by atoms with Gasteiger partial charge in [-0.1, -0.05) is 12.2 Å². The molecule has 1 saturated heterocycles. The predicted octanol–water partition coefficient (Wildman–Crippen LogP) is 4.03. The summed E-state index contributed by atoms with van der Waals surface area (Å²) in [5, 5.41) is 0. The van der Waals surface area contributed by atoms with Crippen LogP contribution >= 0.6 is 7.52 Å². The second-order valence-corrected chi connectivity index (χ2v) is 8.80. The molecule has 1 unspecified atom stereocenters. The van der Waals surface area contributed by atoms with Crippen LogP contribution in [0.2, 0.25) is 0 Å². The normalized spacial score (nSPS) is 28.9. The fraction of sp³-hybridized carbons (Fsp3) is 0.857. The Morgan fingerprint density at radius 2 is 2.05 bits per heavy atom. The van der Waals surface area contributed by atoms with E-state index in [1.807, 2.05) is 37.6 Å². The van der Waals surface area contributed by atoms with E-state index in [4.69, 9.17) is 9.26 Å². The first kappa shape index (κ1) is 16.9. The van der Waals surface area contributed by atoms with Gasteiger partial charge in [0.15, 0.2) is 0 Å². The molecule has 0 aliphatic carbocycles. The third-order valence-electron chi connectivity index (χ3n) is 3.16. The maximum Gasteiger partial charge on any atom is 0.298 e. The lowest BCUT2D eigenvalue weighted by Crippen LogP contribution is -2.48. The minimum Gasteiger partial charge on any atom is -0.366 e. The fourth-order valence-corrected chi connectivity index (χ4v) is 5.04. The van der Waals surface area contributed by atoms with Crippen molar-refractivity contribution in [3.63, 3.8) is 0 Å². The largest absolute Gasteiger partial charge is 0.366 e. The van der Waals surface area contributed by atoms with Crippen LogP contribution < -0.4 is 0 Å². The SMILES string of the molecule is C/C=C/COCP1(=O)OC(C)(C)CCN1C(C)(C)C. The molecule has 0 aromatic carbocycles. The van der Waals surface area contributed by atoms with Crippen LogP contribution in [0.4, 0.5) is 0 Å². The quantitative estimate of drug-likeness (QED) is 0.445. The summed E-state index contributed by atoms with van der Waals surface area (Å²) in [6, 6.07) is 0. The van der Waals surface area contributed by atoms with Gasteiger partial charge in [0.25, 0.3) is 7.52 Å². The van der Waals surface area contributed by atoms with E-state index in [-0.39, 0.29) is 17.5 Å². The van der Waals surface area contributed by atoms with Crippen LogP contribution in [-0.2, 0) is 13.8 Å². The van der Waals surface area contributed by atoms with Crippen molar-refractivity contribution in [3.8, 4) is 0 Å². The predicted molar refractivity (Wildman–Crippen MR) is 79.5 cm³/mol. The van der Waals surface area contributed by atoms with Crippen LogP contribution in [0, 0.1) is 0 Å². The van der Waals surface area contributed by atoms with Gasteiger partial charge in [-0.15, -0.1) is 0 Å². The van der Waals surface area contributed by atoms with Crippen molar-refractivity contribution in [2.45, 2.75) is 59.1 Å². The smallest absolute Gasteiger partial charge is 0.298 e. The van der Waals surface area contributed by atoms with Crippen LogP contribution in [-0.4, -0.2) is 35.3 Å². The number of hydrogen-bond donors (Lipinski definition) is 0. The molecule has 19 heavy (non-hydrogen) atoms. The summed E-state index contributed by atoms with van der Waals surface area (Å²) in [7, 11) is -2.93. The number of allylic oxidation sites excluding steroid dienone is 1. The molecular formula is C14H28NO3P. The van der Waals surface area contributed by atoms with Gasteiger partial charge in [-0.3, -0.25) is 4.57 Å². The summed E-state index contributed by atoms with van der Waals surface area (Å²) < 4.78 is 26.5. The summed E-state index contributed by atoms with van der Waals surface area (Å²) >= 11 is 0. The highest BCUT2D eigenvalue weighted by molar-refractivity contribution is 7.56. The molecule has 1 heterocycles. The standard InChI is InChI=1S/C14H28NO3P/c1-7-8-11-17-12-19(16)15(13(2,3)4)10-9-14(5,6)18-19/h7-8H,9-12H2,1-6H3/b8-7+. The van der Waals surface area contributed by atoms with Crippen molar-refractivity contribution in [1.82, 2.24) is 4.67 Å². The van der Waals surface area contributed by atoms with Gasteiger partial charge >= 0.3 is 0 Å². The Labute approximate surface area is 117 Å². The lowest BCUT2D eigenvalue weighted by atomic mass is 10.0. The molecule has 5 heteroatoms. The number of ether oxygens (including phenoxy) is 1. The Balaban J connectivity index is 2.83. The Morgan fingerprint density at radius 1 is 1.42 bits per heavy atom. The summed E-state index contributed by atoms with van der Waals surface area (Å²) in [6.07, 6.45) is 4.85. The minimum atomic E-state index is -2.93. The molecule has 1 atom stereocenters. The maximum absolute atomic E-state index is 13.1. The van der Waals surface area contributed by atoms with E-state index in [2.05, 4.69) is 20.8 Å². The van der Waals surface area contributed by atoms with E-state index in [1.54, 1.807) is 0 Å². The van der Waals surface area contributed by atoms with E-state index < -0.39 is 7.52 Å². The second-order valence-electron chi connectivity index (χ2n) is 6.60. The van der Waals surface area contributed by atoms with Crippen molar-refractivity contribution in [1.29, 1.82) is 0 Å². The summed E-state index contributed by atoms with van der Waals surface area (Å²) in [5.41, 5.74) is -0.531. The van der Waals surface area contributed by atoms with Crippen LogP contribution in [0.3, 0.4) is 0 Å². The summed E-state index contributed by atoms with van der Waals surface area (Å²) in [6.45, 7) is 13.4. The molecule has 1 fully saturated rings. The number of nitrogens with zero attached hydrogens (tertiary/aromatic N) is 1. The first-order valence-electron chi connectivity index (χ1n) is 6.88. The zero-order valence-electron chi connectivity index (χ0n) is 13.1. The van der Waals surface area contributed by atoms with Crippen molar-refractivity contribution in [2.75, 3.05) is 19.5 Å². The van der Waals surface area contributed by atoms with Crippen LogP contribution in [0.25, 0.3) is 0 Å². The Hall–Kier alpha value is -0.150. The average molecular weight is 289 g/mol. The van der Waals surface area contributed by atoms with E-state index >= 15 is 0 Å². The van der Waals surface area contributed by atoms with E-state index in [0.29, 0.717) is 6.61 Å². The molecule has 4 nitrogen and oxygen atoms in total. The van der Waals surface area contributed by atoms with Crippen LogP contribution in [0.5, 0.6) is 0 Å². The van der Waals surface area contributed by atoms with Gasteiger partial charge in [0.05, 0.1) is 12.2 Å². The molecule has 0 spiro atoms. The molecule has 112 valence electrons. The average Bonchev–Trinajstić information content (AvgIpc) is 2.21. The van der Waals surface area contributed by atoms with Gasteiger partial charge in [0.1, 0.15) is 6.35 Å². The number of rotatable bonds is 4. The van der Waals surface area contributed by atoms with Crippen molar-refractivity contribution in [3.05, 3.63) is 12.2 Å². The van der Waals surface area contributed by atoms with Gasteiger partial charge < -0.3 is 9.26 Å². The highest BCUT2D eigenvalue weighted by atomic mass is 31.2. The maximum atomic E-state index is 13.1. The zero-order valence-corrected chi connectivity index (χ0v) is 14.0. The zero-order chi connectivity index (χ0) is 14.7. The number of hydrogen-bond acceptors (Lipinski definition) is 3. The molecule has 1 rings (SSSR count).